The van der Waals surface area contributed by atoms with Crippen molar-refractivity contribution in [1.82, 2.24) is 0 Å². The summed E-state index contributed by atoms with van der Waals surface area (Å²) in [6.45, 7) is 4.92. The average Bonchev–Trinajstić information content (AvgIpc) is 2.91. The molecule has 0 aromatic heterocycles. The lowest BCUT2D eigenvalue weighted by Crippen LogP contribution is -2.62. The molecule has 6 nitrogen and oxygen atoms in total. The van der Waals surface area contributed by atoms with Gasteiger partial charge in [-0.25, -0.2) is 0 Å². The van der Waals surface area contributed by atoms with E-state index in [0.717, 1.165) is 31.3 Å². The van der Waals surface area contributed by atoms with Crippen molar-refractivity contribution in [2.75, 3.05) is 6.61 Å². The van der Waals surface area contributed by atoms with Crippen LogP contribution in [-0.2, 0) is 19.1 Å². The summed E-state index contributed by atoms with van der Waals surface area (Å²) in [7, 11) is 0. The van der Waals surface area contributed by atoms with E-state index in [1.807, 2.05) is 6.92 Å². The smallest absolute Gasteiger partial charge is 0.303 e. The third-order valence-electron chi connectivity index (χ3n) is 8.92. The van der Waals surface area contributed by atoms with Crippen molar-refractivity contribution in [3.63, 3.8) is 0 Å². The molecule has 2 N–H and O–H groups in total. The van der Waals surface area contributed by atoms with Crippen LogP contribution in [0, 0.1) is 28.6 Å². The van der Waals surface area contributed by atoms with Crippen LogP contribution in [-0.4, -0.2) is 46.1 Å². The molecule has 3 saturated carbocycles. The predicted octanol–water partition coefficient (Wildman–Crippen LogP) is 2.35. The van der Waals surface area contributed by atoms with Crippen molar-refractivity contribution in [1.29, 1.82) is 0 Å². The Morgan fingerprint density at radius 2 is 1.93 bits per heavy atom. The zero-order valence-corrected chi connectivity index (χ0v) is 17.6. The van der Waals surface area contributed by atoms with E-state index in [2.05, 4.69) is 6.92 Å². The molecule has 4 aliphatic carbocycles. The first-order chi connectivity index (χ1) is 13.5. The number of rotatable bonds is 3. The van der Waals surface area contributed by atoms with Crippen LogP contribution in [0.3, 0.4) is 0 Å². The maximum absolute atomic E-state index is 12.9. The van der Waals surface area contributed by atoms with Crippen LogP contribution in [0.1, 0.15) is 65.7 Å². The maximum Gasteiger partial charge on any atom is 0.303 e. The van der Waals surface area contributed by atoms with Crippen LogP contribution >= 0.6 is 0 Å². The van der Waals surface area contributed by atoms with Crippen LogP contribution in [0.15, 0.2) is 11.6 Å². The molecule has 3 fully saturated rings. The molecule has 0 amide bonds. The van der Waals surface area contributed by atoms with E-state index in [1.54, 1.807) is 6.08 Å². The number of Topliss-reactive ketones (excluding diaryl/α,β-unsaturated/α-hetero) is 1. The molecule has 4 rings (SSSR count). The summed E-state index contributed by atoms with van der Waals surface area (Å²) in [5.41, 5.74) is -1.36. The summed E-state index contributed by atoms with van der Waals surface area (Å²) < 4.78 is 4.89. The number of hydrogen-bond acceptors (Lipinski definition) is 6. The first-order valence-electron chi connectivity index (χ1n) is 10.8. The van der Waals surface area contributed by atoms with Gasteiger partial charge in [0.2, 0.25) is 5.78 Å². The molecule has 4 aliphatic rings. The summed E-state index contributed by atoms with van der Waals surface area (Å²) in [6, 6.07) is 0. The first kappa shape index (κ1) is 20.7. The van der Waals surface area contributed by atoms with Crippen molar-refractivity contribution < 1.29 is 29.3 Å². The van der Waals surface area contributed by atoms with Gasteiger partial charge in [0.15, 0.2) is 12.4 Å². The number of ether oxygens (including phenoxy) is 1. The van der Waals surface area contributed by atoms with E-state index < -0.39 is 35.5 Å². The normalized spacial score (nSPS) is 46.2. The standard InChI is InChI=1S/C23H32O6/c1-13(24)29-12-19(27)23(28)9-7-17-16-5-4-14-10-15(25)6-8-21(14,2)20(16)18(26)11-22(17,23)3/h10,16-18,20,26,28H,4-9,11-12H2,1-3H3/t16-,17-,18-,20+,21-,22+,23+/m0/s1. The highest BCUT2D eigenvalue weighted by Gasteiger charge is 2.68. The Balaban J connectivity index is 1.65. The Labute approximate surface area is 171 Å². The van der Waals surface area contributed by atoms with Crippen LogP contribution in [0.4, 0.5) is 0 Å². The van der Waals surface area contributed by atoms with Crippen molar-refractivity contribution >= 4 is 17.5 Å². The molecule has 0 unspecified atom stereocenters. The van der Waals surface area contributed by atoms with E-state index in [-0.39, 0.29) is 29.0 Å². The highest BCUT2D eigenvalue weighted by Crippen LogP contribution is 2.67. The molecule has 29 heavy (non-hydrogen) atoms. The zero-order valence-electron chi connectivity index (χ0n) is 17.6. The van der Waals surface area contributed by atoms with E-state index in [4.69, 9.17) is 4.74 Å². The van der Waals surface area contributed by atoms with Gasteiger partial charge >= 0.3 is 5.97 Å². The highest BCUT2D eigenvalue weighted by molar-refractivity contribution is 5.92. The van der Waals surface area contributed by atoms with Gasteiger partial charge in [-0.3, -0.25) is 14.4 Å². The van der Waals surface area contributed by atoms with Gasteiger partial charge in [-0.05, 0) is 67.8 Å². The molecule has 0 heterocycles. The quantitative estimate of drug-likeness (QED) is 0.701. The summed E-state index contributed by atoms with van der Waals surface area (Å²) in [5.74, 6) is -0.462. The minimum absolute atomic E-state index is 0.0413. The molecule has 0 aromatic carbocycles. The number of carbonyl (C=O) groups is 3. The molecule has 0 aliphatic heterocycles. The second kappa shape index (κ2) is 6.74. The molecule has 0 aromatic rings. The monoisotopic (exact) mass is 404 g/mol. The van der Waals surface area contributed by atoms with E-state index in [9.17, 15) is 24.6 Å². The Morgan fingerprint density at radius 3 is 2.62 bits per heavy atom. The third-order valence-corrected chi connectivity index (χ3v) is 8.92. The summed E-state index contributed by atoms with van der Waals surface area (Å²) in [5, 5.41) is 22.8. The van der Waals surface area contributed by atoms with E-state index in [1.165, 1.54) is 6.92 Å². The number of allylic oxidation sites excluding steroid dienone is 1. The topological polar surface area (TPSA) is 101 Å². The Hall–Kier alpha value is -1.53. The van der Waals surface area contributed by atoms with Crippen LogP contribution in [0.5, 0.6) is 0 Å². The molecule has 160 valence electrons. The Kier molecular flexibility index (Phi) is 4.82. The van der Waals surface area contributed by atoms with Gasteiger partial charge in [0.25, 0.3) is 0 Å². The number of ketones is 2. The number of aliphatic hydroxyl groups is 2. The van der Waals surface area contributed by atoms with Gasteiger partial charge < -0.3 is 14.9 Å². The molecular formula is C23H32O6. The third kappa shape index (κ3) is 2.86. The molecule has 0 saturated heterocycles. The van der Waals surface area contributed by atoms with Crippen LogP contribution in [0.25, 0.3) is 0 Å². The lowest BCUT2D eigenvalue weighted by Gasteiger charge is -2.60. The molecule has 6 heteroatoms. The molecular weight excluding hydrogens is 372 g/mol. The number of aliphatic hydroxyl groups excluding tert-OH is 1. The van der Waals surface area contributed by atoms with Crippen molar-refractivity contribution in [3.8, 4) is 0 Å². The number of esters is 1. The minimum Gasteiger partial charge on any atom is -0.458 e. The van der Waals surface area contributed by atoms with E-state index >= 15 is 0 Å². The second-order valence-corrected chi connectivity index (χ2v) is 10.2. The molecule has 0 spiro atoms. The van der Waals surface area contributed by atoms with Crippen LogP contribution in [0.2, 0.25) is 0 Å². The van der Waals surface area contributed by atoms with Gasteiger partial charge in [0.05, 0.1) is 6.10 Å². The van der Waals surface area contributed by atoms with Crippen molar-refractivity contribution in [2.24, 2.45) is 28.6 Å². The van der Waals surface area contributed by atoms with Gasteiger partial charge in [0.1, 0.15) is 5.60 Å². The summed E-state index contributed by atoms with van der Waals surface area (Å²) >= 11 is 0. The average molecular weight is 405 g/mol. The molecule has 0 radical (unpaired) electrons. The van der Waals surface area contributed by atoms with E-state index in [0.29, 0.717) is 19.3 Å². The number of carbonyl (C=O) groups excluding carboxylic acids is 3. The maximum atomic E-state index is 12.9. The molecule has 7 atom stereocenters. The van der Waals surface area contributed by atoms with Crippen molar-refractivity contribution in [2.45, 2.75) is 77.4 Å². The minimum atomic E-state index is -1.58. The highest BCUT2D eigenvalue weighted by atomic mass is 16.5. The largest absolute Gasteiger partial charge is 0.458 e. The SMILES string of the molecule is CC(=O)OCC(=O)[C@]1(O)CC[C@H]2[C@@H]3CCC4=CC(=O)CC[C@]4(C)[C@H]3[C@@H](O)C[C@]21C. The first-order valence-corrected chi connectivity index (χ1v) is 10.8. The van der Waals surface area contributed by atoms with Gasteiger partial charge in [-0.2, -0.15) is 0 Å². The van der Waals surface area contributed by atoms with Gasteiger partial charge in [0, 0.05) is 18.8 Å². The number of hydrogen-bond donors (Lipinski definition) is 2. The van der Waals surface area contributed by atoms with Gasteiger partial charge in [-0.15, -0.1) is 0 Å². The fraction of sp³-hybridized carbons (Fsp3) is 0.783. The fourth-order valence-electron chi connectivity index (χ4n) is 7.44. The lowest BCUT2D eigenvalue weighted by atomic mass is 9.45. The fourth-order valence-corrected chi connectivity index (χ4v) is 7.44. The van der Waals surface area contributed by atoms with Gasteiger partial charge in [-0.1, -0.05) is 19.4 Å². The zero-order chi connectivity index (χ0) is 21.2. The summed E-state index contributed by atoms with van der Waals surface area (Å²) in [4.78, 5) is 36.0. The molecule has 0 bridgehead atoms. The van der Waals surface area contributed by atoms with Crippen LogP contribution < -0.4 is 0 Å². The lowest BCUT2D eigenvalue weighted by molar-refractivity contribution is -0.184. The summed E-state index contributed by atoms with van der Waals surface area (Å²) in [6.07, 6.45) is 5.54. The second-order valence-electron chi connectivity index (χ2n) is 10.2. The number of fused-ring (bicyclic) bond motifs is 5. The van der Waals surface area contributed by atoms with Crippen molar-refractivity contribution in [3.05, 3.63) is 11.6 Å². The Morgan fingerprint density at radius 1 is 1.21 bits per heavy atom. The Bertz CT molecular complexity index is 786. The predicted molar refractivity (Wildman–Crippen MR) is 105 cm³/mol.